The summed E-state index contributed by atoms with van der Waals surface area (Å²) in [6.07, 6.45) is 28.1. The number of allylic oxidation sites excluding steroid dienone is 2. The zero-order chi connectivity index (χ0) is 19.3. The van der Waals surface area contributed by atoms with Crippen LogP contribution in [0.5, 0.6) is 0 Å². The average Bonchev–Trinajstić information content (AvgIpc) is 2.63. The summed E-state index contributed by atoms with van der Waals surface area (Å²) in [6.45, 7) is 4.33. The molecule has 1 atom stereocenters. The largest absolute Gasteiger partial charge is 0.369 e. The van der Waals surface area contributed by atoms with Crippen molar-refractivity contribution in [2.45, 2.75) is 129 Å². The number of hydrogen-bond acceptors (Lipinski definition) is 1. The Morgan fingerprint density at radius 1 is 0.692 bits per heavy atom. The van der Waals surface area contributed by atoms with Gasteiger partial charge in [0.2, 0.25) is 5.91 Å². The minimum Gasteiger partial charge on any atom is -0.369 e. The zero-order valence-electron chi connectivity index (χ0n) is 17.9. The van der Waals surface area contributed by atoms with E-state index in [-0.39, 0.29) is 11.8 Å². The monoisotopic (exact) mass is 365 g/mol. The van der Waals surface area contributed by atoms with Gasteiger partial charge in [0.15, 0.2) is 0 Å². The third-order valence-corrected chi connectivity index (χ3v) is 5.46. The normalized spacial score (nSPS) is 12.7. The minimum absolute atomic E-state index is 0.101. The van der Waals surface area contributed by atoms with Crippen LogP contribution >= 0.6 is 0 Å². The van der Waals surface area contributed by atoms with E-state index in [1.807, 2.05) is 0 Å². The van der Waals surface area contributed by atoms with Crippen molar-refractivity contribution >= 4 is 5.91 Å². The molecule has 0 saturated carbocycles. The van der Waals surface area contributed by atoms with Gasteiger partial charge in [-0.15, -0.1) is 0 Å². The first-order chi connectivity index (χ1) is 12.7. The Kier molecular flexibility index (Phi) is 19.9. The highest BCUT2D eigenvalue weighted by Crippen LogP contribution is 2.15. The molecule has 26 heavy (non-hydrogen) atoms. The lowest BCUT2D eigenvalue weighted by molar-refractivity contribution is -0.122. The quantitative estimate of drug-likeness (QED) is 0.174. The fourth-order valence-electron chi connectivity index (χ4n) is 3.54. The standard InChI is InChI=1S/C24H47NO/c1-3-5-6-7-8-9-10-11-12-13-14-15-16-17-18-19-20-21-22-23(4-2)24(25)26/h11-12,23H,3-10,13-22H2,1-2H3,(H2,25,26)/b12-11-. The Bertz CT molecular complexity index is 324. The lowest BCUT2D eigenvalue weighted by atomic mass is 9.97. The Hall–Kier alpha value is -0.790. The van der Waals surface area contributed by atoms with Crippen LogP contribution < -0.4 is 5.73 Å². The van der Waals surface area contributed by atoms with Crippen LogP contribution in [0.25, 0.3) is 0 Å². The van der Waals surface area contributed by atoms with Crippen LogP contribution in [0.1, 0.15) is 129 Å². The van der Waals surface area contributed by atoms with E-state index in [0.29, 0.717) is 0 Å². The molecule has 0 saturated heterocycles. The maximum absolute atomic E-state index is 11.2. The molecule has 0 aromatic carbocycles. The second kappa shape index (κ2) is 20.5. The number of unbranched alkanes of at least 4 members (excludes halogenated alkanes) is 14. The molecule has 0 aliphatic heterocycles. The van der Waals surface area contributed by atoms with Gasteiger partial charge in [0.25, 0.3) is 0 Å². The first-order valence-electron chi connectivity index (χ1n) is 11.7. The molecular formula is C24H47NO. The van der Waals surface area contributed by atoms with Crippen LogP contribution in [-0.2, 0) is 4.79 Å². The van der Waals surface area contributed by atoms with Gasteiger partial charge in [0, 0.05) is 5.92 Å². The van der Waals surface area contributed by atoms with Crippen LogP contribution in [0.15, 0.2) is 12.2 Å². The highest BCUT2D eigenvalue weighted by Gasteiger charge is 2.11. The Morgan fingerprint density at radius 3 is 1.54 bits per heavy atom. The molecule has 2 N–H and O–H groups in total. The third-order valence-electron chi connectivity index (χ3n) is 5.46. The molecule has 0 heterocycles. The highest BCUT2D eigenvalue weighted by atomic mass is 16.1. The van der Waals surface area contributed by atoms with E-state index in [4.69, 9.17) is 5.73 Å². The number of primary amides is 1. The smallest absolute Gasteiger partial charge is 0.220 e. The first kappa shape index (κ1) is 25.2. The summed E-state index contributed by atoms with van der Waals surface area (Å²) in [5, 5.41) is 0. The molecule has 0 aromatic heterocycles. The Morgan fingerprint density at radius 2 is 1.12 bits per heavy atom. The van der Waals surface area contributed by atoms with E-state index in [2.05, 4.69) is 26.0 Å². The van der Waals surface area contributed by atoms with Gasteiger partial charge < -0.3 is 5.73 Å². The third kappa shape index (κ3) is 18.0. The van der Waals surface area contributed by atoms with Gasteiger partial charge in [0.1, 0.15) is 0 Å². The van der Waals surface area contributed by atoms with Crippen molar-refractivity contribution in [2.24, 2.45) is 11.7 Å². The van der Waals surface area contributed by atoms with E-state index in [9.17, 15) is 4.79 Å². The van der Waals surface area contributed by atoms with Crippen LogP contribution in [0.4, 0.5) is 0 Å². The molecule has 2 nitrogen and oxygen atoms in total. The fraction of sp³-hybridized carbons (Fsp3) is 0.875. The number of carbonyl (C=O) groups is 1. The van der Waals surface area contributed by atoms with Crippen molar-refractivity contribution in [1.82, 2.24) is 0 Å². The van der Waals surface area contributed by atoms with Crippen molar-refractivity contribution in [3.63, 3.8) is 0 Å². The van der Waals surface area contributed by atoms with Crippen LogP contribution in [0.2, 0.25) is 0 Å². The predicted molar refractivity (Wildman–Crippen MR) is 116 cm³/mol. The second-order valence-electron chi connectivity index (χ2n) is 7.94. The fourth-order valence-corrected chi connectivity index (χ4v) is 3.54. The van der Waals surface area contributed by atoms with Crippen LogP contribution in [-0.4, -0.2) is 5.91 Å². The number of rotatable bonds is 20. The minimum atomic E-state index is -0.117. The molecule has 1 unspecified atom stereocenters. The zero-order valence-corrected chi connectivity index (χ0v) is 17.9. The van der Waals surface area contributed by atoms with Gasteiger partial charge in [-0.2, -0.15) is 0 Å². The molecule has 0 aromatic rings. The lowest BCUT2D eigenvalue weighted by Crippen LogP contribution is -2.22. The maximum Gasteiger partial charge on any atom is 0.220 e. The van der Waals surface area contributed by atoms with Gasteiger partial charge in [0.05, 0.1) is 0 Å². The summed E-state index contributed by atoms with van der Waals surface area (Å²) in [5.74, 6) is -0.0161. The number of amides is 1. The van der Waals surface area contributed by atoms with E-state index >= 15 is 0 Å². The number of hydrogen-bond donors (Lipinski definition) is 1. The first-order valence-corrected chi connectivity index (χ1v) is 11.7. The SMILES string of the molecule is CCCCCCCC/C=C\CCCCCCCCCCC(CC)C(N)=O. The van der Waals surface area contributed by atoms with Crippen molar-refractivity contribution in [3.05, 3.63) is 12.2 Å². The van der Waals surface area contributed by atoms with Gasteiger partial charge in [-0.3, -0.25) is 4.79 Å². The second-order valence-corrected chi connectivity index (χ2v) is 7.94. The summed E-state index contributed by atoms with van der Waals surface area (Å²) >= 11 is 0. The van der Waals surface area contributed by atoms with Gasteiger partial charge in [-0.05, 0) is 38.5 Å². The molecule has 0 spiro atoms. The van der Waals surface area contributed by atoms with Crippen LogP contribution in [0.3, 0.4) is 0 Å². The number of carbonyl (C=O) groups excluding carboxylic acids is 1. The van der Waals surface area contributed by atoms with Crippen molar-refractivity contribution in [3.8, 4) is 0 Å². The van der Waals surface area contributed by atoms with Crippen molar-refractivity contribution in [1.29, 1.82) is 0 Å². The van der Waals surface area contributed by atoms with Crippen molar-refractivity contribution < 1.29 is 4.79 Å². The summed E-state index contributed by atoms with van der Waals surface area (Å²) in [5.41, 5.74) is 5.38. The summed E-state index contributed by atoms with van der Waals surface area (Å²) in [7, 11) is 0. The molecule has 0 fully saturated rings. The Labute approximate surface area is 164 Å². The molecular weight excluding hydrogens is 318 g/mol. The summed E-state index contributed by atoms with van der Waals surface area (Å²) in [6, 6.07) is 0. The molecule has 2 heteroatoms. The lowest BCUT2D eigenvalue weighted by Gasteiger charge is -2.09. The molecule has 0 rings (SSSR count). The molecule has 154 valence electrons. The van der Waals surface area contributed by atoms with Gasteiger partial charge in [-0.1, -0.05) is 103 Å². The van der Waals surface area contributed by atoms with Crippen LogP contribution in [0, 0.1) is 5.92 Å². The van der Waals surface area contributed by atoms with Crippen molar-refractivity contribution in [2.75, 3.05) is 0 Å². The predicted octanol–water partition coefficient (Wildman–Crippen LogP) is 7.71. The maximum atomic E-state index is 11.2. The van der Waals surface area contributed by atoms with E-state index in [1.165, 1.54) is 96.3 Å². The Balaban J connectivity index is 3.19. The van der Waals surface area contributed by atoms with Gasteiger partial charge in [-0.25, -0.2) is 0 Å². The van der Waals surface area contributed by atoms with E-state index in [1.54, 1.807) is 0 Å². The molecule has 0 aliphatic rings. The van der Waals surface area contributed by atoms with Gasteiger partial charge >= 0.3 is 0 Å². The molecule has 0 aliphatic carbocycles. The summed E-state index contributed by atoms with van der Waals surface area (Å²) < 4.78 is 0. The van der Waals surface area contributed by atoms with E-state index in [0.717, 1.165) is 19.3 Å². The summed E-state index contributed by atoms with van der Waals surface area (Å²) in [4.78, 5) is 11.2. The topological polar surface area (TPSA) is 43.1 Å². The highest BCUT2D eigenvalue weighted by molar-refractivity contribution is 5.76. The molecule has 1 amide bonds. The average molecular weight is 366 g/mol. The number of nitrogens with two attached hydrogens (primary N) is 1. The van der Waals surface area contributed by atoms with E-state index < -0.39 is 0 Å². The molecule has 0 radical (unpaired) electrons. The molecule has 0 bridgehead atoms.